The van der Waals surface area contributed by atoms with Crippen LogP contribution in [-0.4, -0.2) is 85.4 Å². The van der Waals surface area contributed by atoms with Crippen LogP contribution >= 0.6 is 0 Å². The Kier molecular flexibility index (Phi) is 7.99. The van der Waals surface area contributed by atoms with Gasteiger partial charge in [-0.1, -0.05) is 12.1 Å². The Morgan fingerprint density at radius 1 is 1.24 bits per heavy atom. The van der Waals surface area contributed by atoms with Gasteiger partial charge in [-0.2, -0.15) is 0 Å². The topological polar surface area (TPSA) is 80.6 Å². The van der Waals surface area contributed by atoms with Gasteiger partial charge in [-0.15, -0.1) is 0 Å². The van der Waals surface area contributed by atoms with E-state index in [1.165, 1.54) is 0 Å². The van der Waals surface area contributed by atoms with Crippen molar-refractivity contribution in [3.8, 4) is 5.75 Å². The quantitative estimate of drug-likeness (QED) is 0.578. The van der Waals surface area contributed by atoms with Gasteiger partial charge in [-0.25, -0.2) is 4.79 Å². The van der Waals surface area contributed by atoms with E-state index in [1.807, 2.05) is 45.9 Å². The van der Waals surface area contributed by atoms with E-state index in [9.17, 15) is 9.90 Å². The number of benzene rings is 1. The van der Waals surface area contributed by atoms with Crippen LogP contribution in [0.15, 0.2) is 29.3 Å². The number of piperazine rings is 1. The van der Waals surface area contributed by atoms with Crippen LogP contribution in [0.4, 0.5) is 10.5 Å². The summed E-state index contributed by atoms with van der Waals surface area (Å²) in [6.45, 7) is 12.6. The van der Waals surface area contributed by atoms with Crippen molar-refractivity contribution in [3.63, 3.8) is 0 Å². The first-order valence-corrected chi connectivity index (χ1v) is 10.2. The van der Waals surface area contributed by atoms with Crippen LogP contribution in [0.2, 0.25) is 0 Å². The molecule has 162 valence electrons. The second kappa shape index (κ2) is 10.2. The molecule has 8 nitrogen and oxygen atoms in total. The van der Waals surface area contributed by atoms with Crippen LogP contribution in [-0.2, 0) is 4.74 Å². The molecule has 2 rings (SSSR count). The summed E-state index contributed by atoms with van der Waals surface area (Å²) in [7, 11) is 1.72. The lowest BCUT2D eigenvalue weighted by atomic mass is 10.2. The molecular weight excluding hydrogens is 370 g/mol. The number of rotatable bonds is 5. The molecule has 0 spiro atoms. The monoisotopic (exact) mass is 405 g/mol. The van der Waals surface area contributed by atoms with Gasteiger partial charge in [0.1, 0.15) is 11.4 Å². The summed E-state index contributed by atoms with van der Waals surface area (Å²) < 4.78 is 5.37. The summed E-state index contributed by atoms with van der Waals surface area (Å²) in [5, 5.41) is 13.4. The van der Waals surface area contributed by atoms with Gasteiger partial charge in [0, 0.05) is 46.3 Å². The van der Waals surface area contributed by atoms with Crippen molar-refractivity contribution >= 4 is 17.7 Å². The smallest absolute Gasteiger partial charge is 0.410 e. The highest BCUT2D eigenvalue weighted by molar-refractivity contribution is 5.80. The summed E-state index contributed by atoms with van der Waals surface area (Å²) >= 11 is 0. The average Bonchev–Trinajstić information content (AvgIpc) is 2.66. The number of amides is 1. The first kappa shape index (κ1) is 22.6. The van der Waals surface area contributed by atoms with Crippen molar-refractivity contribution in [2.45, 2.75) is 33.3 Å². The lowest BCUT2D eigenvalue weighted by Crippen LogP contribution is -2.52. The molecule has 0 saturated carbocycles. The molecule has 2 N–H and O–H groups in total. The van der Waals surface area contributed by atoms with Gasteiger partial charge in [-0.3, -0.25) is 4.99 Å². The van der Waals surface area contributed by atoms with E-state index in [-0.39, 0.29) is 6.09 Å². The lowest BCUT2D eigenvalue weighted by molar-refractivity contribution is 0.0304. The van der Waals surface area contributed by atoms with Gasteiger partial charge >= 0.3 is 6.09 Å². The first-order valence-electron chi connectivity index (χ1n) is 10.2. The molecule has 1 aromatic rings. The number of para-hydroxylation sites is 2. The minimum absolute atomic E-state index is 0.312. The van der Waals surface area contributed by atoms with E-state index in [0.717, 1.165) is 44.4 Å². The molecule has 0 aliphatic carbocycles. The van der Waals surface area contributed by atoms with Crippen LogP contribution in [0.25, 0.3) is 0 Å². The molecule has 1 fully saturated rings. The van der Waals surface area contributed by atoms with Gasteiger partial charge in [-0.05, 0) is 39.8 Å². The van der Waals surface area contributed by atoms with Crippen LogP contribution in [0.1, 0.15) is 27.7 Å². The molecule has 0 radical (unpaired) electrons. The molecule has 29 heavy (non-hydrogen) atoms. The highest BCUT2D eigenvalue weighted by atomic mass is 16.6. The van der Waals surface area contributed by atoms with E-state index < -0.39 is 5.60 Å². The number of likely N-dealkylation sites (N-methyl/N-ethyl adjacent to an activating group) is 1. The zero-order valence-electron chi connectivity index (χ0n) is 18.3. The molecule has 8 heteroatoms. The van der Waals surface area contributed by atoms with Crippen LogP contribution in [0.3, 0.4) is 0 Å². The molecule has 1 heterocycles. The van der Waals surface area contributed by atoms with Crippen molar-refractivity contribution < 1.29 is 14.6 Å². The largest absolute Gasteiger partial charge is 0.506 e. The average molecular weight is 406 g/mol. The van der Waals surface area contributed by atoms with Gasteiger partial charge in [0.2, 0.25) is 0 Å². The fourth-order valence-corrected chi connectivity index (χ4v) is 3.05. The van der Waals surface area contributed by atoms with Gasteiger partial charge < -0.3 is 29.9 Å². The van der Waals surface area contributed by atoms with E-state index in [0.29, 0.717) is 18.8 Å². The minimum Gasteiger partial charge on any atom is -0.506 e. The lowest BCUT2D eigenvalue weighted by Gasteiger charge is -2.38. The Balaban J connectivity index is 1.89. The summed E-state index contributed by atoms with van der Waals surface area (Å²) in [6, 6.07) is 7.43. The molecule has 1 aromatic carbocycles. The number of ether oxygens (including phenoxy) is 1. The maximum Gasteiger partial charge on any atom is 0.410 e. The second-order valence-electron chi connectivity index (χ2n) is 8.10. The summed E-state index contributed by atoms with van der Waals surface area (Å²) in [5.74, 6) is 1.16. The third-order valence-corrected chi connectivity index (χ3v) is 4.54. The number of carbonyl (C=O) groups is 1. The van der Waals surface area contributed by atoms with Crippen LogP contribution in [0.5, 0.6) is 5.75 Å². The normalized spacial score (nSPS) is 15.3. The fourth-order valence-electron chi connectivity index (χ4n) is 3.05. The Labute approximate surface area is 174 Å². The highest BCUT2D eigenvalue weighted by Crippen LogP contribution is 2.27. The molecule has 1 saturated heterocycles. The molecule has 1 amide bonds. The van der Waals surface area contributed by atoms with Crippen molar-refractivity contribution in [2.24, 2.45) is 4.99 Å². The van der Waals surface area contributed by atoms with Gasteiger partial charge in [0.25, 0.3) is 0 Å². The number of carbonyl (C=O) groups excluding carboxylic acids is 1. The number of nitrogens with one attached hydrogen (secondary N) is 1. The zero-order chi connectivity index (χ0) is 21.4. The Bertz CT molecular complexity index is 694. The van der Waals surface area contributed by atoms with Crippen molar-refractivity contribution in [1.29, 1.82) is 0 Å². The molecular formula is C21H35N5O3. The SMILES string of the molecule is CCNC(=NCCN(C)C(=O)OC(C)(C)C)N1CCN(c2ccccc2O)CC1. The molecule has 1 aliphatic heterocycles. The minimum atomic E-state index is -0.504. The summed E-state index contributed by atoms with van der Waals surface area (Å²) in [6.07, 6.45) is -0.339. The van der Waals surface area contributed by atoms with E-state index in [4.69, 9.17) is 4.74 Å². The van der Waals surface area contributed by atoms with E-state index in [2.05, 4.69) is 20.1 Å². The number of aliphatic imine (C=N–C) groups is 1. The fraction of sp³-hybridized carbons (Fsp3) is 0.619. The zero-order valence-corrected chi connectivity index (χ0v) is 18.3. The first-order chi connectivity index (χ1) is 13.7. The predicted molar refractivity (Wildman–Crippen MR) is 117 cm³/mol. The molecule has 0 atom stereocenters. The number of phenolic OH excluding ortho intramolecular Hbond substituents is 1. The molecule has 1 aliphatic rings. The second-order valence-corrected chi connectivity index (χ2v) is 8.10. The number of aromatic hydroxyl groups is 1. The number of anilines is 1. The Morgan fingerprint density at radius 2 is 1.90 bits per heavy atom. The third-order valence-electron chi connectivity index (χ3n) is 4.54. The van der Waals surface area contributed by atoms with Crippen molar-refractivity contribution in [1.82, 2.24) is 15.1 Å². The Morgan fingerprint density at radius 3 is 2.48 bits per heavy atom. The predicted octanol–water partition coefficient (Wildman–Crippen LogP) is 2.35. The van der Waals surface area contributed by atoms with E-state index >= 15 is 0 Å². The standard InChI is InChI=1S/C21H35N5O3/c1-6-22-19(23-11-12-24(5)20(28)29-21(2,3)4)26-15-13-25(14-16-26)17-9-7-8-10-18(17)27/h7-10,27H,6,11-16H2,1-5H3,(H,22,23). The summed E-state index contributed by atoms with van der Waals surface area (Å²) in [5.41, 5.74) is 0.365. The number of guanidine groups is 1. The number of phenols is 1. The summed E-state index contributed by atoms with van der Waals surface area (Å²) in [4.78, 5) is 22.7. The maximum atomic E-state index is 12.1. The number of hydrogen-bond acceptors (Lipinski definition) is 5. The van der Waals surface area contributed by atoms with Crippen molar-refractivity contribution in [3.05, 3.63) is 24.3 Å². The van der Waals surface area contributed by atoms with Crippen molar-refractivity contribution in [2.75, 3.05) is 57.8 Å². The highest BCUT2D eigenvalue weighted by Gasteiger charge is 2.22. The van der Waals surface area contributed by atoms with Crippen LogP contribution < -0.4 is 10.2 Å². The molecule has 0 aromatic heterocycles. The number of hydrogen-bond donors (Lipinski definition) is 2. The number of nitrogens with zero attached hydrogens (tertiary/aromatic N) is 4. The maximum absolute atomic E-state index is 12.1. The van der Waals surface area contributed by atoms with Gasteiger partial charge in [0.15, 0.2) is 5.96 Å². The van der Waals surface area contributed by atoms with E-state index in [1.54, 1.807) is 18.0 Å². The Hall–Kier alpha value is -2.64. The third kappa shape index (κ3) is 7.03. The van der Waals surface area contributed by atoms with Crippen LogP contribution in [0, 0.1) is 0 Å². The molecule has 0 unspecified atom stereocenters. The van der Waals surface area contributed by atoms with Gasteiger partial charge in [0.05, 0.1) is 12.2 Å². The molecule has 0 bridgehead atoms.